The summed E-state index contributed by atoms with van der Waals surface area (Å²) >= 11 is 1.19. The fraction of sp³-hybridized carbons (Fsp3) is 0.438. The van der Waals surface area contributed by atoms with Crippen LogP contribution in [-0.4, -0.2) is 57.8 Å². The summed E-state index contributed by atoms with van der Waals surface area (Å²) in [6, 6.07) is 10.5. The molecule has 0 spiro atoms. The van der Waals surface area contributed by atoms with E-state index in [1.165, 1.54) is 17.1 Å². The molecule has 22 heavy (non-hydrogen) atoms. The molecule has 1 saturated heterocycles. The summed E-state index contributed by atoms with van der Waals surface area (Å²) in [6.45, 7) is 6.25. The Hall–Kier alpha value is -1.79. The van der Waals surface area contributed by atoms with Gasteiger partial charge in [0.15, 0.2) is 0 Å². The number of aryl methyl sites for hydroxylation is 1. The lowest BCUT2D eigenvalue weighted by atomic mass is 10.1. The third-order valence-corrected chi connectivity index (χ3v) is 4.72. The van der Waals surface area contributed by atoms with Crippen LogP contribution in [0.5, 0.6) is 0 Å². The first-order valence-corrected chi connectivity index (χ1v) is 8.35. The molecule has 0 saturated carbocycles. The number of benzene rings is 1. The van der Waals surface area contributed by atoms with Crippen LogP contribution < -0.4 is 0 Å². The molecule has 1 aromatic heterocycles. The number of aromatic nitrogens is 2. The zero-order chi connectivity index (χ0) is 15.4. The van der Waals surface area contributed by atoms with Gasteiger partial charge in [-0.3, -0.25) is 9.69 Å². The Kier molecular flexibility index (Phi) is 4.80. The number of hydrogen-bond donors (Lipinski definition) is 0. The van der Waals surface area contributed by atoms with Gasteiger partial charge in [-0.2, -0.15) is 4.37 Å². The molecule has 0 unspecified atom stereocenters. The Morgan fingerprint density at radius 3 is 2.55 bits per heavy atom. The summed E-state index contributed by atoms with van der Waals surface area (Å²) in [5.41, 5.74) is 1.37. The lowest BCUT2D eigenvalue weighted by molar-refractivity contribution is 0.0638. The summed E-state index contributed by atoms with van der Waals surface area (Å²) < 4.78 is 4.08. The number of piperazine rings is 1. The highest BCUT2D eigenvalue weighted by molar-refractivity contribution is 7.07. The van der Waals surface area contributed by atoms with Crippen LogP contribution in [0.25, 0.3) is 0 Å². The Labute approximate surface area is 134 Å². The number of hydrogen-bond acceptors (Lipinski definition) is 5. The molecule has 0 bridgehead atoms. The number of amides is 1. The molecular formula is C16H20N4OS. The van der Waals surface area contributed by atoms with Gasteiger partial charge >= 0.3 is 0 Å². The first-order chi connectivity index (χ1) is 10.7. The molecule has 0 aliphatic carbocycles. The van der Waals surface area contributed by atoms with E-state index in [1.807, 2.05) is 17.9 Å². The van der Waals surface area contributed by atoms with Gasteiger partial charge in [0.1, 0.15) is 5.82 Å². The van der Waals surface area contributed by atoms with E-state index < -0.39 is 0 Å². The van der Waals surface area contributed by atoms with Gasteiger partial charge < -0.3 is 4.90 Å². The van der Waals surface area contributed by atoms with Crippen molar-refractivity contribution >= 4 is 17.4 Å². The topological polar surface area (TPSA) is 49.3 Å². The molecule has 2 aromatic rings. The quantitative estimate of drug-likeness (QED) is 0.864. The third kappa shape index (κ3) is 3.69. The largest absolute Gasteiger partial charge is 0.334 e. The van der Waals surface area contributed by atoms with Crippen molar-refractivity contribution in [2.75, 3.05) is 32.7 Å². The molecule has 1 aromatic carbocycles. The van der Waals surface area contributed by atoms with Gasteiger partial charge in [0, 0.05) is 32.7 Å². The van der Waals surface area contributed by atoms with Crippen molar-refractivity contribution in [3.05, 3.63) is 46.7 Å². The van der Waals surface area contributed by atoms with Crippen LogP contribution in [-0.2, 0) is 6.42 Å². The van der Waals surface area contributed by atoms with Gasteiger partial charge in [-0.15, -0.1) is 0 Å². The average molecular weight is 316 g/mol. The molecule has 5 nitrogen and oxygen atoms in total. The molecule has 6 heteroatoms. The van der Waals surface area contributed by atoms with Crippen LogP contribution in [0.2, 0.25) is 0 Å². The Balaban J connectivity index is 1.47. The van der Waals surface area contributed by atoms with E-state index in [-0.39, 0.29) is 5.91 Å². The predicted molar refractivity (Wildman–Crippen MR) is 87.1 cm³/mol. The van der Waals surface area contributed by atoms with E-state index >= 15 is 0 Å². The SMILES string of the molecule is Cc1nsc(C(=O)N2CCN(CCc3ccccc3)CC2)n1. The van der Waals surface area contributed by atoms with Gasteiger partial charge in [0.2, 0.25) is 5.01 Å². The van der Waals surface area contributed by atoms with Gasteiger partial charge in [-0.25, -0.2) is 4.98 Å². The second-order valence-corrected chi connectivity index (χ2v) is 6.27. The predicted octanol–water partition coefficient (Wildman–Crippen LogP) is 1.85. The third-order valence-electron chi connectivity index (χ3n) is 3.93. The molecule has 1 fully saturated rings. The van der Waals surface area contributed by atoms with Gasteiger partial charge in [0.05, 0.1) is 0 Å². The molecule has 0 atom stereocenters. The number of carbonyl (C=O) groups excluding carboxylic acids is 1. The van der Waals surface area contributed by atoms with Crippen molar-refractivity contribution in [2.45, 2.75) is 13.3 Å². The second kappa shape index (κ2) is 6.98. The lowest BCUT2D eigenvalue weighted by Gasteiger charge is -2.34. The summed E-state index contributed by atoms with van der Waals surface area (Å²) in [6.07, 6.45) is 1.06. The smallest absolute Gasteiger partial charge is 0.284 e. The number of carbonyl (C=O) groups is 1. The van der Waals surface area contributed by atoms with Crippen LogP contribution in [0.4, 0.5) is 0 Å². The molecule has 0 radical (unpaired) electrons. The van der Waals surface area contributed by atoms with E-state index in [2.05, 4.69) is 38.5 Å². The Morgan fingerprint density at radius 2 is 1.91 bits per heavy atom. The van der Waals surface area contributed by atoms with Crippen molar-refractivity contribution in [3.63, 3.8) is 0 Å². The zero-order valence-corrected chi connectivity index (χ0v) is 13.6. The summed E-state index contributed by atoms with van der Waals surface area (Å²) in [5, 5.41) is 0.509. The first kappa shape index (κ1) is 15.1. The maximum atomic E-state index is 12.3. The van der Waals surface area contributed by atoms with E-state index in [1.54, 1.807) is 0 Å². The van der Waals surface area contributed by atoms with Crippen molar-refractivity contribution in [1.82, 2.24) is 19.2 Å². The molecule has 1 aliphatic heterocycles. The maximum Gasteiger partial charge on any atom is 0.284 e. The first-order valence-electron chi connectivity index (χ1n) is 7.58. The van der Waals surface area contributed by atoms with E-state index in [0.717, 1.165) is 39.1 Å². The summed E-state index contributed by atoms with van der Waals surface area (Å²) in [7, 11) is 0. The highest BCUT2D eigenvalue weighted by Crippen LogP contribution is 2.11. The molecule has 1 amide bonds. The summed E-state index contributed by atoms with van der Waals surface area (Å²) in [5.74, 6) is 0.697. The van der Waals surface area contributed by atoms with Crippen molar-refractivity contribution < 1.29 is 4.79 Å². The van der Waals surface area contributed by atoms with Crippen LogP contribution in [0, 0.1) is 6.92 Å². The highest BCUT2D eigenvalue weighted by Gasteiger charge is 2.24. The minimum absolute atomic E-state index is 0.0216. The standard InChI is InChI=1S/C16H20N4OS/c1-13-17-15(22-18-13)16(21)20-11-9-19(10-12-20)8-7-14-5-3-2-4-6-14/h2-6H,7-12H2,1H3. The summed E-state index contributed by atoms with van der Waals surface area (Å²) in [4.78, 5) is 20.8. The fourth-order valence-electron chi connectivity index (χ4n) is 2.63. The zero-order valence-electron chi connectivity index (χ0n) is 12.7. The minimum atomic E-state index is 0.0216. The maximum absolute atomic E-state index is 12.3. The molecule has 0 N–H and O–H groups in total. The van der Waals surface area contributed by atoms with E-state index in [9.17, 15) is 4.79 Å². The minimum Gasteiger partial charge on any atom is -0.334 e. The van der Waals surface area contributed by atoms with E-state index in [0.29, 0.717) is 10.8 Å². The Morgan fingerprint density at radius 1 is 1.18 bits per heavy atom. The van der Waals surface area contributed by atoms with Gasteiger partial charge in [0.25, 0.3) is 5.91 Å². The van der Waals surface area contributed by atoms with Crippen molar-refractivity contribution in [2.24, 2.45) is 0 Å². The second-order valence-electron chi connectivity index (χ2n) is 5.52. The monoisotopic (exact) mass is 316 g/mol. The fourth-order valence-corrected chi connectivity index (χ4v) is 3.27. The van der Waals surface area contributed by atoms with Crippen LogP contribution in [0.15, 0.2) is 30.3 Å². The normalized spacial score (nSPS) is 16.0. The highest BCUT2D eigenvalue weighted by atomic mass is 32.1. The molecule has 3 rings (SSSR count). The van der Waals surface area contributed by atoms with Gasteiger partial charge in [-0.1, -0.05) is 30.3 Å². The van der Waals surface area contributed by atoms with Crippen LogP contribution >= 0.6 is 11.5 Å². The van der Waals surface area contributed by atoms with Crippen LogP contribution in [0.1, 0.15) is 21.2 Å². The Bertz CT molecular complexity index is 620. The van der Waals surface area contributed by atoms with Crippen molar-refractivity contribution in [3.8, 4) is 0 Å². The molecule has 1 aliphatic rings. The van der Waals surface area contributed by atoms with E-state index in [4.69, 9.17) is 0 Å². The lowest BCUT2D eigenvalue weighted by Crippen LogP contribution is -2.49. The van der Waals surface area contributed by atoms with Gasteiger partial charge in [-0.05, 0) is 30.4 Å². The average Bonchev–Trinajstić information content (AvgIpc) is 3.00. The molecule has 2 heterocycles. The van der Waals surface area contributed by atoms with Crippen molar-refractivity contribution in [1.29, 1.82) is 0 Å². The number of rotatable bonds is 4. The van der Waals surface area contributed by atoms with Crippen LogP contribution in [0.3, 0.4) is 0 Å². The molecule has 116 valence electrons. The number of nitrogens with zero attached hydrogens (tertiary/aromatic N) is 4. The molecular weight excluding hydrogens is 296 g/mol.